The normalized spacial score (nSPS) is 27.1. The molecule has 22 heteroatoms. The molecule has 2 aromatic heterocycles. The van der Waals surface area contributed by atoms with Crippen LogP contribution in [0.25, 0.3) is 16.0 Å². The Morgan fingerprint density at radius 2 is 2.00 bits per heavy atom. The SMILES string of the molecule is [N-]=[N+]=NC1(COP(=O)(O)OP(=O)(O)OP(=O)(O)O)C[C@@H](F)[C@H](c2ccc3c(N)ncnn23)O1. The Hall–Kier alpha value is -1.97. The fraction of sp³-hybridized carbons (Fsp3) is 0.455. The van der Waals surface area contributed by atoms with E-state index in [0.717, 1.165) is 6.33 Å². The molecular weight excluding hydrogens is 518 g/mol. The van der Waals surface area contributed by atoms with Gasteiger partial charge in [-0.1, -0.05) is 5.11 Å². The second kappa shape index (κ2) is 9.00. The Labute approximate surface area is 182 Å². The first-order chi connectivity index (χ1) is 15.2. The van der Waals surface area contributed by atoms with Gasteiger partial charge in [-0.15, -0.1) is 0 Å². The Bertz CT molecular complexity index is 1250. The van der Waals surface area contributed by atoms with Gasteiger partial charge in [0, 0.05) is 11.3 Å². The number of rotatable bonds is 9. The third-order valence-corrected chi connectivity index (χ3v) is 7.87. The first-order valence-corrected chi connectivity index (χ1v) is 12.9. The molecule has 0 radical (unpaired) electrons. The summed E-state index contributed by atoms with van der Waals surface area (Å²) < 4.78 is 67.2. The summed E-state index contributed by atoms with van der Waals surface area (Å²) in [6.07, 6.45) is -2.86. The smallest absolute Gasteiger partial charge is 0.382 e. The first kappa shape index (κ1) is 25.6. The standard InChI is InChI=1S/C11H15FN7O11P3/c12-6-3-11(17-18-14,4-27-32(23,24)30-33(25,26)29-31(20,21)22)28-9(6)7-1-2-8-10(13)15-5-16-19(7)8/h1-2,5-6,9H,3-4H2,(H,23,24)(H,25,26)(H2,13,15,16)(H2,20,21,22)/t6-,9-,11?/m1/s1. The second-order valence-corrected chi connectivity index (χ2v) is 10.9. The molecule has 0 aromatic carbocycles. The monoisotopic (exact) mass is 533 g/mol. The molecule has 1 aliphatic heterocycles. The van der Waals surface area contributed by atoms with Crippen molar-refractivity contribution in [2.45, 2.75) is 24.4 Å². The number of nitrogen functional groups attached to an aromatic ring is 1. The van der Waals surface area contributed by atoms with E-state index in [4.69, 9.17) is 25.8 Å². The molecule has 182 valence electrons. The van der Waals surface area contributed by atoms with Crippen LogP contribution in [0.5, 0.6) is 0 Å². The predicted octanol–water partition coefficient (Wildman–Crippen LogP) is 1.46. The van der Waals surface area contributed by atoms with Gasteiger partial charge in [-0.25, -0.2) is 27.6 Å². The summed E-state index contributed by atoms with van der Waals surface area (Å²) in [6, 6.07) is 2.88. The van der Waals surface area contributed by atoms with Crippen molar-refractivity contribution in [3.63, 3.8) is 0 Å². The van der Waals surface area contributed by atoms with Gasteiger partial charge in [-0.05, 0) is 17.7 Å². The van der Waals surface area contributed by atoms with Crippen molar-refractivity contribution in [2.75, 3.05) is 12.3 Å². The van der Waals surface area contributed by atoms with E-state index in [0.29, 0.717) is 5.52 Å². The van der Waals surface area contributed by atoms with Gasteiger partial charge in [0.25, 0.3) is 0 Å². The molecule has 0 aliphatic carbocycles. The lowest BCUT2D eigenvalue weighted by Crippen LogP contribution is -2.31. The van der Waals surface area contributed by atoms with Crippen LogP contribution in [0.3, 0.4) is 0 Å². The fourth-order valence-corrected chi connectivity index (χ4v) is 6.02. The van der Waals surface area contributed by atoms with Crippen molar-refractivity contribution in [3.05, 3.63) is 34.6 Å². The van der Waals surface area contributed by atoms with Crippen LogP contribution in [0, 0.1) is 0 Å². The number of nitrogens with zero attached hydrogens (tertiary/aromatic N) is 6. The van der Waals surface area contributed by atoms with Crippen LogP contribution >= 0.6 is 23.5 Å². The molecule has 0 spiro atoms. The number of ether oxygens (including phenoxy) is 1. The number of fused-ring (bicyclic) bond motifs is 1. The minimum Gasteiger partial charge on any atom is -0.382 e. The maximum Gasteiger partial charge on any atom is 0.490 e. The highest BCUT2D eigenvalue weighted by Gasteiger charge is 2.50. The van der Waals surface area contributed by atoms with Gasteiger partial charge in [0.1, 0.15) is 24.1 Å². The lowest BCUT2D eigenvalue weighted by Gasteiger charge is -2.24. The van der Waals surface area contributed by atoms with Crippen LogP contribution in [-0.4, -0.2) is 52.7 Å². The zero-order valence-electron chi connectivity index (χ0n) is 15.9. The quantitative estimate of drug-likeness (QED) is 0.132. The summed E-state index contributed by atoms with van der Waals surface area (Å²) in [5.74, 6) is 0.0821. The molecule has 0 amide bonds. The third-order valence-electron chi connectivity index (χ3n) is 4.09. The minimum atomic E-state index is -5.78. The van der Waals surface area contributed by atoms with Crippen LogP contribution in [0.4, 0.5) is 10.2 Å². The number of phosphoric acid groups is 3. The Kier molecular flexibility index (Phi) is 6.99. The zero-order valence-corrected chi connectivity index (χ0v) is 18.6. The second-order valence-electron chi connectivity index (χ2n) is 6.46. The molecule has 0 bridgehead atoms. The van der Waals surface area contributed by atoms with Crippen molar-refractivity contribution in [1.29, 1.82) is 0 Å². The molecule has 1 aliphatic rings. The molecular formula is C11H15FN7O11P3. The largest absolute Gasteiger partial charge is 0.490 e. The van der Waals surface area contributed by atoms with E-state index in [1.165, 1.54) is 16.6 Å². The first-order valence-electron chi connectivity index (χ1n) is 8.40. The van der Waals surface area contributed by atoms with Gasteiger partial charge in [0.2, 0.25) is 0 Å². The van der Waals surface area contributed by atoms with Gasteiger partial charge in [-0.2, -0.15) is 13.7 Å². The maximum atomic E-state index is 14.9. The number of nitrogens with two attached hydrogens (primary N) is 1. The van der Waals surface area contributed by atoms with E-state index in [1.54, 1.807) is 0 Å². The average Bonchev–Trinajstić information content (AvgIpc) is 3.20. The Balaban J connectivity index is 1.80. The van der Waals surface area contributed by atoms with Crippen molar-refractivity contribution in [1.82, 2.24) is 14.6 Å². The number of alkyl halides is 1. The number of azide groups is 1. The number of phosphoric ester groups is 1. The summed E-state index contributed by atoms with van der Waals surface area (Å²) in [7, 11) is -16.9. The van der Waals surface area contributed by atoms with E-state index in [-0.39, 0.29) is 11.5 Å². The molecule has 5 atom stereocenters. The van der Waals surface area contributed by atoms with Crippen LogP contribution in [0.1, 0.15) is 18.2 Å². The van der Waals surface area contributed by atoms with E-state index in [1.807, 2.05) is 0 Å². The van der Waals surface area contributed by atoms with E-state index in [2.05, 4.69) is 33.3 Å². The summed E-state index contributed by atoms with van der Waals surface area (Å²) in [5.41, 5.74) is 12.8. The molecule has 1 fully saturated rings. The van der Waals surface area contributed by atoms with Crippen molar-refractivity contribution in [2.24, 2.45) is 5.11 Å². The number of anilines is 1. The molecule has 2 aromatic rings. The molecule has 33 heavy (non-hydrogen) atoms. The lowest BCUT2D eigenvalue weighted by atomic mass is 10.1. The highest BCUT2D eigenvalue weighted by molar-refractivity contribution is 7.66. The number of hydrogen-bond donors (Lipinski definition) is 5. The topological polar surface area (TPSA) is 274 Å². The minimum absolute atomic E-state index is 0.0821. The summed E-state index contributed by atoms with van der Waals surface area (Å²) in [5, 5.41) is 7.21. The average molecular weight is 533 g/mol. The zero-order chi connectivity index (χ0) is 24.7. The van der Waals surface area contributed by atoms with E-state index >= 15 is 0 Å². The lowest BCUT2D eigenvalue weighted by molar-refractivity contribution is -0.0737. The highest BCUT2D eigenvalue weighted by atomic mass is 31.3. The molecule has 0 saturated carbocycles. The van der Waals surface area contributed by atoms with Gasteiger partial charge in [0.05, 0.1) is 12.3 Å². The molecule has 3 unspecified atom stereocenters. The molecule has 18 nitrogen and oxygen atoms in total. The van der Waals surface area contributed by atoms with E-state index in [9.17, 15) is 27.9 Å². The Morgan fingerprint density at radius 1 is 1.30 bits per heavy atom. The van der Waals surface area contributed by atoms with Gasteiger partial charge < -0.3 is 30.0 Å². The molecule has 6 N–H and O–H groups in total. The number of aromatic nitrogens is 3. The molecule has 3 rings (SSSR count). The predicted molar refractivity (Wildman–Crippen MR) is 102 cm³/mol. The van der Waals surface area contributed by atoms with Crippen molar-refractivity contribution in [3.8, 4) is 0 Å². The van der Waals surface area contributed by atoms with E-state index < -0.39 is 54.5 Å². The van der Waals surface area contributed by atoms with Crippen molar-refractivity contribution >= 4 is 34.8 Å². The van der Waals surface area contributed by atoms with Crippen LogP contribution in [0.2, 0.25) is 0 Å². The van der Waals surface area contributed by atoms with Crippen LogP contribution in [-0.2, 0) is 31.6 Å². The van der Waals surface area contributed by atoms with Gasteiger partial charge >= 0.3 is 23.5 Å². The van der Waals surface area contributed by atoms with Crippen molar-refractivity contribution < 1.29 is 55.5 Å². The summed E-state index contributed by atoms with van der Waals surface area (Å²) in [6.45, 7) is -1.17. The number of hydrogen-bond acceptors (Lipinski definition) is 11. The van der Waals surface area contributed by atoms with Crippen LogP contribution < -0.4 is 5.73 Å². The summed E-state index contributed by atoms with van der Waals surface area (Å²) in [4.78, 5) is 42.1. The van der Waals surface area contributed by atoms with Crippen LogP contribution in [0.15, 0.2) is 23.6 Å². The number of halogens is 1. The molecule has 1 saturated heterocycles. The maximum absolute atomic E-state index is 14.9. The Morgan fingerprint density at radius 3 is 2.64 bits per heavy atom. The fourth-order valence-electron chi connectivity index (χ4n) is 2.96. The van der Waals surface area contributed by atoms with Gasteiger partial charge in [-0.3, -0.25) is 4.52 Å². The molecule has 3 heterocycles. The van der Waals surface area contributed by atoms with Gasteiger partial charge in [0.15, 0.2) is 11.5 Å². The third kappa shape index (κ3) is 6.13. The summed E-state index contributed by atoms with van der Waals surface area (Å²) >= 11 is 0. The highest BCUT2D eigenvalue weighted by Crippen LogP contribution is 2.66.